The Morgan fingerprint density at radius 3 is 2.17 bits per heavy atom. The number of para-hydroxylation sites is 1. The van der Waals surface area contributed by atoms with Gasteiger partial charge in [-0.3, -0.25) is 13.9 Å². The van der Waals surface area contributed by atoms with Crippen molar-refractivity contribution in [3.63, 3.8) is 0 Å². The minimum absolute atomic E-state index is 0.00165. The van der Waals surface area contributed by atoms with Crippen molar-refractivity contribution in [2.75, 3.05) is 21.5 Å². The average Bonchev–Trinajstić information content (AvgIpc) is 3.24. The van der Waals surface area contributed by atoms with Gasteiger partial charge in [0.25, 0.3) is 10.0 Å². The number of anilines is 3. The Morgan fingerprint density at radius 1 is 0.967 bits per heavy atom. The van der Waals surface area contributed by atoms with Gasteiger partial charge in [-0.2, -0.15) is 0 Å². The molecule has 1 heterocycles. The summed E-state index contributed by atoms with van der Waals surface area (Å²) < 4.78 is 41.2. The molecule has 0 aliphatic carbocycles. The molecule has 30 heavy (non-hydrogen) atoms. The van der Waals surface area contributed by atoms with Crippen molar-refractivity contribution < 1.29 is 22.4 Å². The SMILES string of the molecule is CC(=O)Nc1ccc(NC(=O)CN(c2ccccc2F)S(=O)(=O)c2cccs2)cc1. The Kier molecular flexibility index (Phi) is 6.48. The first-order valence-corrected chi connectivity index (χ1v) is 11.1. The summed E-state index contributed by atoms with van der Waals surface area (Å²) in [5.41, 5.74) is 0.729. The highest BCUT2D eigenvalue weighted by molar-refractivity contribution is 7.94. The van der Waals surface area contributed by atoms with Gasteiger partial charge in [-0.05, 0) is 47.8 Å². The van der Waals surface area contributed by atoms with Gasteiger partial charge >= 0.3 is 0 Å². The van der Waals surface area contributed by atoms with Crippen molar-refractivity contribution in [2.24, 2.45) is 0 Å². The summed E-state index contributed by atoms with van der Waals surface area (Å²) in [6, 6.07) is 14.6. The Bertz CT molecular complexity index is 1150. The number of hydrogen-bond donors (Lipinski definition) is 2. The van der Waals surface area contributed by atoms with E-state index >= 15 is 0 Å². The molecule has 10 heteroatoms. The highest BCUT2D eigenvalue weighted by Crippen LogP contribution is 2.28. The number of hydrogen-bond acceptors (Lipinski definition) is 5. The highest BCUT2D eigenvalue weighted by atomic mass is 32.2. The fourth-order valence-electron chi connectivity index (χ4n) is 2.64. The summed E-state index contributed by atoms with van der Waals surface area (Å²) in [5, 5.41) is 6.77. The van der Waals surface area contributed by atoms with E-state index in [1.54, 1.807) is 35.7 Å². The van der Waals surface area contributed by atoms with Crippen LogP contribution in [-0.2, 0) is 19.6 Å². The molecule has 0 aliphatic rings. The van der Waals surface area contributed by atoms with Crippen LogP contribution >= 0.6 is 11.3 Å². The predicted molar refractivity (Wildman–Crippen MR) is 115 cm³/mol. The maximum absolute atomic E-state index is 14.4. The van der Waals surface area contributed by atoms with Crippen LogP contribution in [0.1, 0.15) is 6.92 Å². The fraction of sp³-hybridized carbons (Fsp3) is 0.100. The van der Waals surface area contributed by atoms with Crippen molar-refractivity contribution in [3.8, 4) is 0 Å². The predicted octanol–water partition coefficient (Wildman–Crippen LogP) is 3.68. The number of halogens is 1. The number of carbonyl (C=O) groups excluding carboxylic acids is 2. The maximum Gasteiger partial charge on any atom is 0.274 e. The molecule has 1 aromatic heterocycles. The molecule has 3 aromatic rings. The van der Waals surface area contributed by atoms with E-state index in [1.807, 2.05) is 0 Å². The monoisotopic (exact) mass is 447 g/mol. The molecule has 0 saturated carbocycles. The molecule has 0 fully saturated rings. The van der Waals surface area contributed by atoms with Gasteiger partial charge < -0.3 is 10.6 Å². The molecule has 2 N–H and O–H groups in total. The van der Waals surface area contributed by atoms with E-state index in [4.69, 9.17) is 0 Å². The zero-order chi connectivity index (χ0) is 21.7. The molecule has 0 saturated heterocycles. The first-order valence-electron chi connectivity index (χ1n) is 8.75. The Morgan fingerprint density at radius 2 is 1.60 bits per heavy atom. The number of carbonyl (C=O) groups is 2. The van der Waals surface area contributed by atoms with E-state index in [-0.39, 0.29) is 15.8 Å². The van der Waals surface area contributed by atoms with Gasteiger partial charge in [-0.15, -0.1) is 11.3 Å². The summed E-state index contributed by atoms with van der Waals surface area (Å²) in [5.74, 6) is -1.64. The lowest BCUT2D eigenvalue weighted by Crippen LogP contribution is -2.38. The molecule has 0 spiro atoms. The maximum atomic E-state index is 14.4. The van der Waals surface area contributed by atoms with Gasteiger partial charge in [0.15, 0.2) is 0 Å². The summed E-state index contributed by atoms with van der Waals surface area (Å²) in [6.45, 7) is 0.760. The number of sulfonamides is 1. The van der Waals surface area contributed by atoms with E-state index < -0.39 is 28.3 Å². The quantitative estimate of drug-likeness (QED) is 0.578. The Labute approximate surface area is 177 Å². The molecular formula is C20H18FN3O4S2. The van der Waals surface area contributed by atoms with E-state index in [2.05, 4.69) is 10.6 Å². The highest BCUT2D eigenvalue weighted by Gasteiger charge is 2.29. The van der Waals surface area contributed by atoms with E-state index in [1.165, 1.54) is 31.2 Å². The average molecular weight is 448 g/mol. The molecule has 0 radical (unpaired) electrons. The van der Waals surface area contributed by atoms with Crippen LogP contribution in [0.4, 0.5) is 21.5 Å². The van der Waals surface area contributed by atoms with Crippen LogP contribution in [0.5, 0.6) is 0 Å². The normalized spacial score (nSPS) is 11.0. The van der Waals surface area contributed by atoms with Crippen LogP contribution in [0.3, 0.4) is 0 Å². The van der Waals surface area contributed by atoms with E-state index in [0.29, 0.717) is 11.4 Å². The van der Waals surface area contributed by atoms with E-state index in [0.717, 1.165) is 21.7 Å². The molecule has 156 valence electrons. The van der Waals surface area contributed by atoms with Crippen molar-refractivity contribution in [2.45, 2.75) is 11.1 Å². The molecule has 7 nitrogen and oxygen atoms in total. The third kappa shape index (κ3) is 5.02. The van der Waals surface area contributed by atoms with Gasteiger partial charge in [0.1, 0.15) is 16.6 Å². The lowest BCUT2D eigenvalue weighted by Gasteiger charge is -2.23. The van der Waals surface area contributed by atoms with Crippen LogP contribution in [0, 0.1) is 5.82 Å². The molecule has 0 bridgehead atoms. The molecular weight excluding hydrogens is 429 g/mol. The van der Waals surface area contributed by atoms with E-state index in [9.17, 15) is 22.4 Å². The topological polar surface area (TPSA) is 95.6 Å². The lowest BCUT2D eigenvalue weighted by atomic mass is 10.2. The third-order valence-electron chi connectivity index (χ3n) is 3.94. The third-order valence-corrected chi connectivity index (χ3v) is 7.07. The van der Waals surface area contributed by atoms with Gasteiger partial charge in [0.05, 0.1) is 5.69 Å². The van der Waals surface area contributed by atoms with Crippen LogP contribution in [-0.4, -0.2) is 26.8 Å². The molecule has 2 aromatic carbocycles. The fourth-order valence-corrected chi connectivity index (χ4v) is 5.18. The van der Waals surface area contributed by atoms with Crippen LogP contribution in [0.25, 0.3) is 0 Å². The summed E-state index contributed by atoms with van der Waals surface area (Å²) in [6.07, 6.45) is 0. The Hall–Kier alpha value is -3.24. The number of rotatable bonds is 7. The largest absolute Gasteiger partial charge is 0.326 e. The van der Waals surface area contributed by atoms with Gasteiger partial charge in [0, 0.05) is 18.3 Å². The number of nitrogens with zero attached hydrogens (tertiary/aromatic N) is 1. The number of benzene rings is 2. The first-order chi connectivity index (χ1) is 14.3. The van der Waals surface area contributed by atoms with Crippen molar-refractivity contribution in [1.82, 2.24) is 0 Å². The van der Waals surface area contributed by atoms with Crippen molar-refractivity contribution in [1.29, 1.82) is 0 Å². The minimum Gasteiger partial charge on any atom is -0.326 e. The molecule has 3 rings (SSSR count). The molecule has 2 amide bonds. The molecule has 0 atom stereocenters. The van der Waals surface area contributed by atoms with Crippen LogP contribution in [0.15, 0.2) is 70.3 Å². The van der Waals surface area contributed by atoms with Crippen LogP contribution < -0.4 is 14.9 Å². The molecule has 0 unspecified atom stereocenters. The lowest BCUT2D eigenvalue weighted by molar-refractivity contribution is -0.115. The zero-order valence-corrected chi connectivity index (χ0v) is 17.5. The summed E-state index contributed by atoms with van der Waals surface area (Å²) in [4.78, 5) is 23.7. The summed E-state index contributed by atoms with van der Waals surface area (Å²) >= 11 is 0.978. The van der Waals surface area contributed by atoms with Crippen LogP contribution in [0.2, 0.25) is 0 Å². The van der Waals surface area contributed by atoms with Crippen molar-refractivity contribution in [3.05, 3.63) is 71.9 Å². The Balaban J connectivity index is 1.84. The van der Waals surface area contributed by atoms with Gasteiger partial charge in [-0.1, -0.05) is 18.2 Å². The second-order valence-electron chi connectivity index (χ2n) is 6.20. The summed E-state index contributed by atoms with van der Waals surface area (Å²) in [7, 11) is -4.14. The minimum atomic E-state index is -4.14. The standard InChI is InChI=1S/C20H18FN3O4S2/c1-14(25)22-15-8-10-16(11-9-15)23-19(26)13-24(18-6-3-2-5-17(18)21)30(27,28)20-7-4-12-29-20/h2-12H,13H2,1H3,(H,22,25)(H,23,26). The first kappa shape index (κ1) is 21.5. The second-order valence-corrected chi connectivity index (χ2v) is 9.24. The number of thiophene rings is 1. The van der Waals surface area contributed by atoms with Gasteiger partial charge in [-0.25, -0.2) is 12.8 Å². The zero-order valence-electron chi connectivity index (χ0n) is 15.8. The second kappa shape index (κ2) is 9.06. The smallest absolute Gasteiger partial charge is 0.274 e. The van der Waals surface area contributed by atoms with Crippen molar-refractivity contribution >= 4 is 50.2 Å². The molecule has 0 aliphatic heterocycles. The number of nitrogens with one attached hydrogen (secondary N) is 2. The van der Waals surface area contributed by atoms with Gasteiger partial charge in [0.2, 0.25) is 11.8 Å². The number of amides is 2.